The van der Waals surface area contributed by atoms with Crippen LogP contribution >= 0.6 is 0 Å². The van der Waals surface area contributed by atoms with Crippen molar-refractivity contribution in [1.82, 2.24) is 14.7 Å². The second-order valence-corrected chi connectivity index (χ2v) is 6.87. The van der Waals surface area contributed by atoms with Crippen molar-refractivity contribution in [3.8, 4) is 0 Å². The van der Waals surface area contributed by atoms with E-state index in [0.29, 0.717) is 12.2 Å². The second-order valence-electron chi connectivity index (χ2n) is 4.94. The highest BCUT2D eigenvalue weighted by Gasteiger charge is 2.18. The van der Waals surface area contributed by atoms with Crippen molar-refractivity contribution in [2.24, 2.45) is 0 Å². The second kappa shape index (κ2) is 7.10. The van der Waals surface area contributed by atoms with Crippen molar-refractivity contribution in [3.63, 3.8) is 0 Å². The first-order valence-electron chi connectivity index (χ1n) is 7.00. The zero-order chi connectivity index (χ0) is 14.4. The Hall–Kier alpha value is -1.05. The molecule has 0 radical (unpaired) electrons. The molecule has 1 aliphatic heterocycles. The highest BCUT2D eigenvalue weighted by atomic mass is 32.2. The third-order valence-electron chi connectivity index (χ3n) is 3.16. The minimum Gasteiger partial charge on any atom is -0.370 e. The topological polar surface area (TPSA) is 81.2 Å². The third-order valence-corrected chi connectivity index (χ3v) is 4.69. The van der Waals surface area contributed by atoms with E-state index in [-0.39, 0.29) is 18.4 Å². The predicted molar refractivity (Wildman–Crippen MR) is 75.5 cm³/mol. The van der Waals surface area contributed by atoms with Crippen LogP contribution in [0.25, 0.3) is 0 Å². The molecule has 2 heterocycles. The number of ether oxygens (including phenoxy) is 1. The SMILES string of the molecule is CCCS(=O)(=O)NCc1cnc(C2CCCCO2)nc1. The lowest BCUT2D eigenvalue weighted by Gasteiger charge is -2.21. The number of nitrogens with zero attached hydrogens (tertiary/aromatic N) is 2. The fraction of sp³-hybridized carbons (Fsp3) is 0.692. The molecule has 20 heavy (non-hydrogen) atoms. The van der Waals surface area contributed by atoms with Crippen molar-refractivity contribution in [3.05, 3.63) is 23.8 Å². The molecule has 7 heteroatoms. The summed E-state index contributed by atoms with van der Waals surface area (Å²) in [5, 5.41) is 0. The van der Waals surface area contributed by atoms with E-state index in [1.54, 1.807) is 12.4 Å². The lowest BCUT2D eigenvalue weighted by atomic mass is 10.1. The number of hydrogen-bond acceptors (Lipinski definition) is 5. The monoisotopic (exact) mass is 299 g/mol. The molecule has 2 rings (SSSR count). The van der Waals surface area contributed by atoms with E-state index < -0.39 is 10.0 Å². The average molecular weight is 299 g/mol. The quantitative estimate of drug-likeness (QED) is 0.862. The largest absolute Gasteiger partial charge is 0.370 e. The lowest BCUT2D eigenvalue weighted by Crippen LogP contribution is -2.25. The Labute approximate surface area is 120 Å². The Kier molecular flexibility index (Phi) is 5.45. The Balaban J connectivity index is 1.91. The number of hydrogen-bond donors (Lipinski definition) is 1. The van der Waals surface area contributed by atoms with Gasteiger partial charge in [-0.15, -0.1) is 0 Å². The molecule has 112 valence electrons. The molecule has 1 saturated heterocycles. The van der Waals surface area contributed by atoms with Crippen molar-refractivity contribution < 1.29 is 13.2 Å². The Morgan fingerprint density at radius 2 is 2.10 bits per heavy atom. The van der Waals surface area contributed by atoms with E-state index in [4.69, 9.17) is 4.74 Å². The minimum atomic E-state index is -3.19. The maximum Gasteiger partial charge on any atom is 0.211 e. The molecule has 1 fully saturated rings. The predicted octanol–water partition coefficient (Wildman–Crippen LogP) is 1.55. The van der Waals surface area contributed by atoms with Gasteiger partial charge in [-0.25, -0.2) is 23.1 Å². The summed E-state index contributed by atoms with van der Waals surface area (Å²) in [4.78, 5) is 8.56. The molecule has 1 aromatic heterocycles. The molecule has 6 nitrogen and oxygen atoms in total. The van der Waals surface area contributed by atoms with Gasteiger partial charge in [0, 0.05) is 31.1 Å². The van der Waals surface area contributed by atoms with E-state index in [9.17, 15) is 8.42 Å². The van der Waals surface area contributed by atoms with Crippen molar-refractivity contribution in [2.45, 2.75) is 45.3 Å². The summed E-state index contributed by atoms with van der Waals surface area (Å²) in [6.07, 6.45) is 7.07. The molecule has 1 aliphatic rings. The van der Waals surface area contributed by atoms with Gasteiger partial charge in [-0.05, 0) is 25.7 Å². The maximum absolute atomic E-state index is 11.5. The van der Waals surface area contributed by atoms with Crippen LogP contribution in [0.1, 0.15) is 50.1 Å². The van der Waals surface area contributed by atoms with Crippen LogP contribution in [-0.2, 0) is 21.3 Å². The van der Waals surface area contributed by atoms with Gasteiger partial charge < -0.3 is 4.74 Å². The van der Waals surface area contributed by atoms with E-state index in [2.05, 4.69) is 14.7 Å². The van der Waals surface area contributed by atoms with Gasteiger partial charge in [-0.1, -0.05) is 6.92 Å². The molecule has 1 unspecified atom stereocenters. The average Bonchev–Trinajstić information content (AvgIpc) is 2.47. The van der Waals surface area contributed by atoms with Crippen molar-refractivity contribution in [2.75, 3.05) is 12.4 Å². The third kappa shape index (κ3) is 4.50. The zero-order valence-electron chi connectivity index (χ0n) is 11.7. The van der Waals surface area contributed by atoms with Crippen molar-refractivity contribution in [1.29, 1.82) is 0 Å². The smallest absolute Gasteiger partial charge is 0.211 e. The lowest BCUT2D eigenvalue weighted by molar-refractivity contribution is 0.00940. The number of sulfonamides is 1. The van der Waals surface area contributed by atoms with Crippen LogP contribution in [0, 0.1) is 0 Å². The van der Waals surface area contributed by atoms with Gasteiger partial charge in [0.2, 0.25) is 10.0 Å². The van der Waals surface area contributed by atoms with Gasteiger partial charge >= 0.3 is 0 Å². The molecule has 0 aliphatic carbocycles. The molecule has 0 bridgehead atoms. The summed E-state index contributed by atoms with van der Waals surface area (Å²) in [6.45, 7) is 2.82. The Morgan fingerprint density at radius 3 is 2.70 bits per heavy atom. The molecule has 1 atom stereocenters. The van der Waals surface area contributed by atoms with Gasteiger partial charge in [0.25, 0.3) is 0 Å². The van der Waals surface area contributed by atoms with Gasteiger partial charge in [-0.2, -0.15) is 0 Å². The van der Waals surface area contributed by atoms with Gasteiger partial charge in [0.1, 0.15) is 6.10 Å². The summed E-state index contributed by atoms with van der Waals surface area (Å²) in [5.41, 5.74) is 0.754. The minimum absolute atomic E-state index is 0.0189. The van der Waals surface area contributed by atoms with E-state index in [1.165, 1.54) is 0 Å². The van der Waals surface area contributed by atoms with Gasteiger partial charge in [0.15, 0.2) is 5.82 Å². The summed E-state index contributed by atoms with van der Waals surface area (Å²) in [6, 6.07) is 0. The van der Waals surface area contributed by atoms with E-state index in [1.807, 2.05) is 6.92 Å². The zero-order valence-corrected chi connectivity index (χ0v) is 12.5. The first kappa shape index (κ1) is 15.3. The molecular weight excluding hydrogens is 278 g/mol. The summed E-state index contributed by atoms with van der Waals surface area (Å²) in [5.74, 6) is 0.826. The molecule has 0 saturated carbocycles. The van der Waals surface area contributed by atoms with Crippen LogP contribution in [0.3, 0.4) is 0 Å². The van der Waals surface area contributed by atoms with Crippen LogP contribution in [-0.4, -0.2) is 30.7 Å². The van der Waals surface area contributed by atoms with Crippen LogP contribution in [0.4, 0.5) is 0 Å². The summed E-state index contributed by atoms with van der Waals surface area (Å²) >= 11 is 0. The number of aromatic nitrogens is 2. The molecular formula is C13H21N3O3S. The molecule has 0 spiro atoms. The van der Waals surface area contributed by atoms with Crippen LogP contribution in [0.15, 0.2) is 12.4 Å². The molecule has 1 N–H and O–H groups in total. The van der Waals surface area contributed by atoms with Crippen molar-refractivity contribution >= 4 is 10.0 Å². The fourth-order valence-corrected chi connectivity index (χ4v) is 3.17. The van der Waals surface area contributed by atoms with Gasteiger partial charge in [0.05, 0.1) is 5.75 Å². The maximum atomic E-state index is 11.5. The first-order valence-corrected chi connectivity index (χ1v) is 8.65. The number of nitrogens with one attached hydrogen (secondary N) is 1. The van der Waals surface area contributed by atoms with E-state index in [0.717, 1.165) is 31.4 Å². The Bertz CT molecular complexity index is 510. The standard InChI is InChI=1S/C13H21N3O3S/c1-2-7-20(17,18)16-10-11-8-14-13(15-9-11)12-5-3-4-6-19-12/h8-9,12,16H,2-7,10H2,1H3. The Morgan fingerprint density at radius 1 is 1.35 bits per heavy atom. The van der Waals surface area contributed by atoms with E-state index >= 15 is 0 Å². The normalized spacial score (nSPS) is 19.9. The highest BCUT2D eigenvalue weighted by molar-refractivity contribution is 7.89. The van der Waals surface area contributed by atoms with Crippen LogP contribution in [0.5, 0.6) is 0 Å². The molecule has 1 aromatic rings. The molecule has 0 amide bonds. The number of rotatable bonds is 6. The summed E-state index contributed by atoms with van der Waals surface area (Å²) in [7, 11) is -3.19. The first-order chi connectivity index (χ1) is 9.61. The molecule has 0 aromatic carbocycles. The van der Waals surface area contributed by atoms with Crippen LogP contribution < -0.4 is 4.72 Å². The van der Waals surface area contributed by atoms with Gasteiger partial charge in [-0.3, -0.25) is 0 Å². The highest BCUT2D eigenvalue weighted by Crippen LogP contribution is 2.24. The van der Waals surface area contributed by atoms with Crippen LogP contribution in [0.2, 0.25) is 0 Å². The fourth-order valence-electron chi connectivity index (χ4n) is 2.10. The summed E-state index contributed by atoms with van der Waals surface area (Å²) < 4.78 is 31.2.